The fraction of sp³-hybridized carbons (Fsp3) is 0.600. The molecule has 4 aliphatic heterocycles. The summed E-state index contributed by atoms with van der Waals surface area (Å²) < 4.78 is 23.9. The minimum atomic E-state index is -1.70. The van der Waals surface area contributed by atoms with Crippen LogP contribution in [0.2, 0.25) is 5.02 Å². The third-order valence-corrected chi connectivity index (χ3v) is 15.5. The lowest BCUT2D eigenvalue weighted by Gasteiger charge is -2.41. The molecule has 2 saturated heterocycles. The third kappa shape index (κ3) is 15.2. The van der Waals surface area contributed by atoms with E-state index >= 15 is 0 Å². The number of ether oxygens (including phenoxy) is 4. The molecule has 6 unspecified atom stereocenters. The van der Waals surface area contributed by atoms with Crippen molar-refractivity contribution in [1.82, 2.24) is 25.8 Å². The number of esters is 1. The number of likely N-dealkylation sites (N-methyl/N-ethyl adjacent to an activating group) is 1. The van der Waals surface area contributed by atoms with Crippen LogP contribution in [0.4, 0.5) is 15.3 Å². The molecule has 0 aliphatic carbocycles. The molecule has 4 aliphatic rings. The monoisotopic (exact) mass is 1080 g/mol. The number of benzene rings is 1. The molecule has 21 heteroatoms. The number of Topliss-reactive ketones (excluding diaryl/α,β-unsaturated/α-hetero) is 1. The number of epoxide rings is 1. The number of rotatable bonds is 20. The van der Waals surface area contributed by atoms with Gasteiger partial charge >= 0.3 is 18.1 Å². The van der Waals surface area contributed by atoms with Crippen molar-refractivity contribution in [2.24, 2.45) is 29.4 Å². The number of amides is 7. The maximum Gasteiger partial charge on any atom is 0.409 e. The zero-order valence-electron chi connectivity index (χ0n) is 45.6. The molecule has 20 nitrogen and oxygen atoms in total. The average Bonchev–Trinajstić information content (AvgIpc) is 3.96. The first-order valence-corrected chi connectivity index (χ1v) is 26.5. The molecule has 1 aromatic rings. The Labute approximate surface area is 451 Å². The predicted octanol–water partition coefficient (Wildman–Crippen LogP) is 5.77. The van der Waals surface area contributed by atoms with E-state index in [0.29, 0.717) is 49.4 Å². The van der Waals surface area contributed by atoms with E-state index in [2.05, 4.69) is 22.5 Å². The van der Waals surface area contributed by atoms with Crippen molar-refractivity contribution in [3.63, 3.8) is 0 Å². The van der Waals surface area contributed by atoms with Crippen LogP contribution in [0.5, 0.6) is 5.75 Å². The maximum absolute atomic E-state index is 14.5. The summed E-state index contributed by atoms with van der Waals surface area (Å²) in [4.78, 5) is 111. The van der Waals surface area contributed by atoms with Gasteiger partial charge in [0, 0.05) is 76.0 Å². The lowest BCUT2D eigenvalue weighted by molar-refractivity contribution is -0.162. The molecule has 6 N–H and O–H groups in total. The Morgan fingerprint density at radius 3 is 2.43 bits per heavy atom. The summed E-state index contributed by atoms with van der Waals surface area (Å²) in [5.74, 6) is -4.84. The molecular weight excluding hydrogens is 1000 g/mol. The second-order valence-corrected chi connectivity index (χ2v) is 21.6. The van der Waals surface area contributed by atoms with E-state index in [4.69, 9.17) is 36.3 Å². The number of nitrogens with two attached hydrogens (primary N) is 1. The minimum absolute atomic E-state index is 0.0159. The van der Waals surface area contributed by atoms with Crippen molar-refractivity contribution < 1.29 is 62.4 Å². The Hall–Kier alpha value is -6.25. The SMILES string of the molecule is C=C1C=CC(=O)N1CCCCCC(=O)C[C@H](C(=O)N[C@@H](CCCNC(N)=O)C(=O)N(C)[C@@H](C)C(=O)O[C@H]1CC(=O)N(C)c2cc(cc(OC)c2Cl)C/C(C)=C/C=C/C(C)C2(O)CC(OC(=O)N2)C(C)C2OC21C)C(C)C. The number of alkyl carbamates (subject to hydrolysis) is 1. The highest BCUT2D eigenvalue weighted by Crippen LogP contribution is 2.49. The minimum Gasteiger partial charge on any atom is -0.495 e. The number of allylic oxidation sites excluding steroid dienone is 4. The van der Waals surface area contributed by atoms with E-state index in [1.54, 1.807) is 69.9 Å². The molecule has 5 rings (SSSR count). The summed E-state index contributed by atoms with van der Waals surface area (Å²) >= 11 is 6.85. The zero-order chi connectivity index (χ0) is 56.4. The Bertz CT molecular complexity index is 2460. The second-order valence-electron chi connectivity index (χ2n) is 21.2. The number of urea groups is 1. The van der Waals surface area contributed by atoms with E-state index in [-0.39, 0.29) is 61.3 Å². The topological polar surface area (TPSA) is 269 Å². The summed E-state index contributed by atoms with van der Waals surface area (Å²) in [6.07, 6.45) is 7.10. The number of carbonyl (C=O) groups is 8. The van der Waals surface area contributed by atoms with Crippen LogP contribution in [-0.2, 0) is 49.4 Å². The van der Waals surface area contributed by atoms with E-state index in [0.717, 1.165) is 16.0 Å². The number of hydrogen-bond acceptors (Lipinski definition) is 13. The number of anilines is 1. The fourth-order valence-corrected chi connectivity index (χ4v) is 10.2. The summed E-state index contributed by atoms with van der Waals surface area (Å²) in [6, 6.07) is 0.235. The van der Waals surface area contributed by atoms with Gasteiger partial charge in [-0.05, 0) is 82.6 Å². The number of unbranched alkanes of at least 4 members (excludes halogenated alkanes) is 2. The van der Waals surface area contributed by atoms with Crippen LogP contribution < -0.4 is 31.3 Å². The standard InChI is InChI=1S/C55H78ClN7O13/c1-31(2)39(28-38(64)19-13-12-14-24-63-34(5)21-22-45(63)65)49(67)59-40(20-16-23-58-52(57)70)50(68)61(9)36(7)51(69)75-44-29-46(66)62(10)41-26-37(27-42(73-11)47(41)56)25-32(3)17-15-18-33(4)55(72)30-43(74-53(71)60-55)35(6)48-54(44,8)76-48/h15,17-18,21-22,26-27,31,33,35-36,39-40,43-44,48,72H,5,12-14,16,19-20,23-25,28-30H2,1-4,6-11H3,(H,59,67)(H,60,71)(H3,57,58,70)/b18-15+,32-17+/t33?,35?,36-,39-,40-,43?,44-,48?,54?,55?/m0/s1. The quantitative estimate of drug-likeness (QED) is 0.0590. The highest BCUT2D eigenvalue weighted by molar-refractivity contribution is 6.35. The van der Waals surface area contributed by atoms with Crippen molar-refractivity contribution in [2.45, 2.75) is 154 Å². The number of hydrogen-bond donors (Lipinski definition) is 5. The molecule has 1 aromatic carbocycles. The van der Waals surface area contributed by atoms with Crippen LogP contribution >= 0.6 is 11.6 Å². The number of primary amides is 1. The average molecular weight is 1080 g/mol. The number of ketones is 1. The van der Waals surface area contributed by atoms with Crippen molar-refractivity contribution >= 4 is 64.8 Å². The van der Waals surface area contributed by atoms with Crippen molar-refractivity contribution in [3.8, 4) is 5.75 Å². The Morgan fingerprint density at radius 2 is 1.79 bits per heavy atom. The van der Waals surface area contributed by atoms with Gasteiger partial charge in [0.2, 0.25) is 17.7 Å². The van der Waals surface area contributed by atoms with Crippen LogP contribution in [0.25, 0.3) is 0 Å². The van der Waals surface area contributed by atoms with Gasteiger partial charge in [-0.2, -0.15) is 0 Å². The molecule has 4 heterocycles. The zero-order valence-corrected chi connectivity index (χ0v) is 46.3. The molecule has 418 valence electrons. The molecule has 2 fully saturated rings. The first kappa shape index (κ1) is 60.6. The number of halogens is 1. The van der Waals surface area contributed by atoms with Crippen molar-refractivity contribution in [3.05, 3.63) is 70.9 Å². The molecule has 76 heavy (non-hydrogen) atoms. The number of fused-ring (bicyclic) bond motifs is 5. The Kier molecular flexibility index (Phi) is 20.9. The molecule has 0 spiro atoms. The molecule has 4 bridgehead atoms. The Morgan fingerprint density at radius 1 is 1.08 bits per heavy atom. The van der Waals surface area contributed by atoms with Gasteiger partial charge in [0.05, 0.1) is 25.3 Å². The van der Waals surface area contributed by atoms with Gasteiger partial charge in [-0.25, -0.2) is 14.4 Å². The van der Waals surface area contributed by atoms with E-state index in [9.17, 15) is 43.5 Å². The van der Waals surface area contributed by atoms with Gasteiger partial charge in [-0.15, -0.1) is 0 Å². The number of carbonyl (C=O) groups excluding carboxylic acids is 8. The molecule has 10 atom stereocenters. The maximum atomic E-state index is 14.5. The third-order valence-electron chi connectivity index (χ3n) is 15.2. The lowest BCUT2D eigenvalue weighted by Crippen LogP contribution is -2.60. The molecule has 7 amide bonds. The summed E-state index contributed by atoms with van der Waals surface area (Å²) in [5.41, 5.74) is 4.89. The molecule has 0 saturated carbocycles. The summed E-state index contributed by atoms with van der Waals surface area (Å²) in [5, 5.41) is 19.9. The van der Waals surface area contributed by atoms with Crippen LogP contribution in [0, 0.1) is 23.7 Å². The van der Waals surface area contributed by atoms with Crippen molar-refractivity contribution in [1.29, 1.82) is 0 Å². The van der Waals surface area contributed by atoms with Gasteiger partial charge < -0.3 is 55.1 Å². The van der Waals surface area contributed by atoms with Crippen LogP contribution in [0.15, 0.2) is 60.4 Å². The first-order valence-electron chi connectivity index (χ1n) is 26.1. The number of nitrogens with one attached hydrogen (secondary N) is 3. The van der Waals surface area contributed by atoms with Crippen molar-refractivity contribution in [2.75, 3.05) is 39.2 Å². The molecular formula is C55H78ClN7O13. The van der Waals surface area contributed by atoms with Gasteiger partial charge in [0.1, 0.15) is 52.2 Å². The van der Waals surface area contributed by atoms with E-state index in [1.807, 2.05) is 13.0 Å². The van der Waals surface area contributed by atoms with Gasteiger partial charge in [0.15, 0.2) is 0 Å². The molecule has 0 radical (unpaired) electrons. The Balaban J connectivity index is 1.37. The highest BCUT2D eigenvalue weighted by Gasteiger charge is 2.64. The van der Waals surface area contributed by atoms with Crippen LogP contribution in [0.3, 0.4) is 0 Å². The largest absolute Gasteiger partial charge is 0.495 e. The van der Waals surface area contributed by atoms with Gasteiger partial charge in [-0.1, -0.05) is 76.1 Å². The molecule has 0 aromatic heterocycles. The normalized spacial score (nSPS) is 27.0. The highest BCUT2D eigenvalue weighted by atomic mass is 35.5. The number of methoxy groups -OCH3 is 1. The van der Waals surface area contributed by atoms with E-state index in [1.165, 1.54) is 39.1 Å². The van der Waals surface area contributed by atoms with Crippen LogP contribution in [-0.4, -0.2) is 138 Å². The summed E-state index contributed by atoms with van der Waals surface area (Å²) in [6.45, 7) is 16.6. The van der Waals surface area contributed by atoms with E-state index < -0.39 is 102 Å². The van der Waals surface area contributed by atoms with Crippen LogP contribution in [0.1, 0.15) is 112 Å². The number of aliphatic hydroxyl groups is 1. The lowest BCUT2D eigenvalue weighted by atomic mass is 9.82. The fourth-order valence-electron chi connectivity index (χ4n) is 9.89. The summed E-state index contributed by atoms with van der Waals surface area (Å²) in [7, 11) is 4.37. The smallest absolute Gasteiger partial charge is 0.409 e. The number of nitrogens with zero attached hydrogens (tertiary/aromatic N) is 3. The van der Waals surface area contributed by atoms with Gasteiger partial charge in [0.25, 0.3) is 5.91 Å². The first-order chi connectivity index (χ1) is 35.7. The van der Waals surface area contributed by atoms with Gasteiger partial charge in [-0.3, -0.25) is 29.3 Å². The second kappa shape index (κ2) is 26.2. The predicted molar refractivity (Wildman–Crippen MR) is 284 cm³/mol.